The van der Waals surface area contributed by atoms with Crippen LogP contribution in [0.4, 0.5) is 0 Å². The molecule has 0 unspecified atom stereocenters. The summed E-state index contributed by atoms with van der Waals surface area (Å²) in [4.78, 5) is 16.7. The molecule has 0 atom stereocenters. The average Bonchev–Trinajstić information content (AvgIpc) is 3.28. The highest BCUT2D eigenvalue weighted by Crippen LogP contribution is 2.32. The van der Waals surface area contributed by atoms with Crippen molar-refractivity contribution in [2.75, 3.05) is 7.11 Å². The maximum Gasteiger partial charge on any atom is 0.266 e. The molecule has 170 valence electrons. The lowest BCUT2D eigenvalue weighted by atomic mass is 10.1. The van der Waals surface area contributed by atoms with Gasteiger partial charge in [0.25, 0.3) is 5.56 Å². The molecule has 0 N–H and O–H groups in total. The lowest BCUT2D eigenvalue weighted by Gasteiger charge is -2.13. The zero-order chi connectivity index (χ0) is 23.4. The number of halogens is 1. The number of hydrogen-bond donors (Lipinski definition) is 0. The van der Waals surface area contributed by atoms with Crippen molar-refractivity contribution in [3.05, 3.63) is 75.9 Å². The molecule has 0 fully saturated rings. The second-order valence-corrected chi connectivity index (χ2v) is 8.02. The molecule has 2 aromatic carbocycles. The zero-order valence-electron chi connectivity index (χ0n) is 18.5. The normalized spacial score (nSPS) is 11.1. The first-order valence-electron chi connectivity index (χ1n) is 10.4. The third-order valence-electron chi connectivity index (χ3n) is 4.80. The third kappa shape index (κ3) is 5.40. The van der Waals surface area contributed by atoms with Gasteiger partial charge in [-0.05, 0) is 50.2 Å². The fraction of sp³-hybridized carbons (Fsp3) is 0.250. The number of rotatable bonds is 8. The van der Waals surface area contributed by atoms with Crippen molar-refractivity contribution in [3.63, 3.8) is 0 Å². The summed E-state index contributed by atoms with van der Waals surface area (Å²) in [6, 6.07) is 15.9. The Morgan fingerprint density at radius 3 is 2.52 bits per heavy atom. The molecule has 0 amide bonds. The van der Waals surface area contributed by atoms with Gasteiger partial charge < -0.3 is 14.0 Å². The zero-order valence-corrected chi connectivity index (χ0v) is 19.2. The number of benzene rings is 2. The van der Waals surface area contributed by atoms with Gasteiger partial charge in [0.2, 0.25) is 11.7 Å². The summed E-state index contributed by atoms with van der Waals surface area (Å²) in [7, 11) is 1.58. The summed E-state index contributed by atoms with van der Waals surface area (Å²) < 4.78 is 17.9. The fourth-order valence-electron chi connectivity index (χ4n) is 3.22. The van der Waals surface area contributed by atoms with Crippen molar-refractivity contribution in [1.29, 1.82) is 0 Å². The summed E-state index contributed by atoms with van der Waals surface area (Å²) in [6.45, 7) is 4.20. The molecule has 0 aliphatic rings. The first kappa shape index (κ1) is 22.5. The second kappa shape index (κ2) is 9.87. The standard InChI is InChI=1S/C24H23ClN4O4/c1-15(2)32-20-10-6-17(14-21(20)31-3)24-26-22(33-28-24)12-13-29-23(30)11-9-19(27-29)16-4-7-18(25)8-5-16/h4-11,14-15H,12-13H2,1-3H3. The number of aromatic nitrogens is 4. The van der Waals surface area contributed by atoms with E-state index >= 15 is 0 Å². The van der Waals surface area contributed by atoms with Crippen LogP contribution < -0.4 is 15.0 Å². The van der Waals surface area contributed by atoms with Crippen LogP contribution in [0.25, 0.3) is 22.6 Å². The van der Waals surface area contributed by atoms with Crippen molar-refractivity contribution >= 4 is 11.6 Å². The van der Waals surface area contributed by atoms with Gasteiger partial charge in [0.1, 0.15) is 0 Å². The fourth-order valence-corrected chi connectivity index (χ4v) is 3.34. The topological polar surface area (TPSA) is 92.3 Å². The lowest BCUT2D eigenvalue weighted by Crippen LogP contribution is -2.23. The number of ether oxygens (including phenoxy) is 2. The average molecular weight is 467 g/mol. The third-order valence-corrected chi connectivity index (χ3v) is 5.05. The largest absolute Gasteiger partial charge is 0.493 e. The smallest absolute Gasteiger partial charge is 0.266 e. The van der Waals surface area contributed by atoms with Crippen LogP contribution in [0.15, 0.2) is 63.9 Å². The van der Waals surface area contributed by atoms with Gasteiger partial charge in [0.05, 0.1) is 25.5 Å². The van der Waals surface area contributed by atoms with Crippen LogP contribution in [-0.2, 0) is 13.0 Å². The molecule has 4 rings (SSSR count). The van der Waals surface area contributed by atoms with Gasteiger partial charge in [-0.2, -0.15) is 10.1 Å². The Morgan fingerprint density at radius 2 is 1.79 bits per heavy atom. The van der Waals surface area contributed by atoms with Crippen LogP contribution in [0.3, 0.4) is 0 Å². The van der Waals surface area contributed by atoms with Gasteiger partial charge in [-0.3, -0.25) is 4.79 Å². The molecule has 9 heteroatoms. The number of methoxy groups -OCH3 is 1. The Balaban J connectivity index is 1.49. The van der Waals surface area contributed by atoms with Gasteiger partial charge >= 0.3 is 0 Å². The van der Waals surface area contributed by atoms with Crippen molar-refractivity contribution < 1.29 is 14.0 Å². The van der Waals surface area contributed by atoms with E-state index < -0.39 is 0 Å². The predicted molar refractivity (Wildman–Crippen MR) is 125 cm³/mol. The minimum atomic E-state index is -0.210. The first-order valence-corrected chi connectivity index (χ1v) is 10.8. The summed E-state index contributed by atoms with van der Waals surface area (Å²) >= 11 is 5.95. The molecule has 0 bridgehead atoms. The van der Waals surface area contributed by atoms with Crippen molar-refractivity contribution in [2.45, 2.75) is 32.9 Å². The van der Waals surface area contributed by atoms with Gasteiger partial charge in [-0.25, -0.2) is 4.68 Å². The van der Waals surface area contributed by atoms with E-state index in [1.54, 1.807) is 31.4 Å². The van der Waals surface area contributed by atoms with E-state index in [1.165, 1.54) is 10.7 Å². The number of nitrogens with zero attached hydrogens (tertiary/aromatic N) is 4. The van der Waals surface area contributed by atoms with E-state index in [0.29, 0.717) is 46.9 Å². The van der Waals surface area contributed by atoms with Gasteiger partial charge in [0, 0.05) is 28.6 Å². The molecule has 2 heterocycles. The quantitative estimate of drug-likeness (QED) is 0.373. The Hall–Kier alpha value is -3.65. The molecular formula is C24H23ClN4O4. The van der Waals surface area contributed by atoms with Crippen LogP contribution in [0.1, 0.15) is 19.7 Å². The highest BCUT2D eigenvalue weighted by atomic mass is 35.5. The molecule has 0 aliphatic carbocycles. The van der Waals surface area contributed by atoms with Crippen LogP contribution in [0, 0.1) is 0 Å². The molecule has 0 saturated carbocycles. The Labute approximate surface area is 195 Å². The Kier molecular flexibility index (Phi) is 6.74. The van der Waals surface area contributed by atoms with Gasteiger partial charge in [0.15, 0.2) is 11.5 Å². The van der Waals surface area contributed by atoms with Crippen molar-refractivity contribution in [1.82, 2.24) is 19.9 Å². The van der Waals surface area contributed by atoms with E-state index in [2.05, 4.69) is 15.2 Å². The van der Waals surface area contributed by atoms with Crippen molar-refractivity contribution in [3.8, 4) is 34.1 Å². The summed E-state index contributed by atoms with van der Waals surface area (Å²) in [6.07, 6.45) is 0.382. The van der Waals surface area contributed by atoms with Crippen LogP contribution >= 0.6 is 11.6 Å². The minimum Gasteiger partial charge on any atom is -0.493 e. The van der Waals surface area contributed by atoms with Crippen LogP contribution in [0.2, 0.25) is 5.02 Å². The van der Waals surface area contributed by atoms with Crippen LogP contribution in [0.5, 0.6) is 11.5 Å². The maximum absolute atomic E-state index is 12.3. The van der Waals surface area contributed by atoms with E-state index in [-0.39, 0.29) is 11.7 Å². The predicted octanol–water partition coefficient (Wildman–Crippen LogP) is 4.65. The highest BCUT2D eigenvalue weighted by molar-refractivity contribution is 6.30. The Morgan fingerprint density at radius 1 is 1.03 bits per heavy atom. The molecule has 0 aliphatic heterocycles. The monoisotopic (exact) mass is 466 g/mol. The molecular weight excluding hydrogens is 444 g/mol. The van der Waals surface area contributed by atoms with Gasteiger partial charge in [-0.1, -0.05) is 28.9 Å². The summed E-state index contributed by atoms with van der Waals surface area (Å²) in [5.74, 6) is 2.06. The molecule has 8 nitrogen and oxygen atoms in total. The summed E-state index contributed by atoms with van der Waals surface area (Å²) in [5, 5.41) is 9.14. The molecule has 33 heavy (non-hydrogen) atoms. The molecule has 0 spiro atoms. The van der Waals surface area contributed by atoms with E-state index in [1.807, 2.05) is 38.1 Å². The van der Waals surface area contributed by atoms with Crippen LogP contribution in [-0.4, -0.2) is 33.1 Å². The SMILES string of the molecule is COc1cc(-c2noc(CCn3nc(-c4ccc(Cl)cc4)ccc3=O)n2)ccc1OC(C)C. The summed E-state index contributed by atoms with van der Waals surface area (Å²) in [5.41, 5.74) is 2.07. The second-order valence-electron chi connectivity index (χ2n) is 7.58. The Bertz CT molecular complexity index is 1300. The molecule has 0 radical (unpaired) electrons. The number of hydrogen-bond acceptors (Lipinski definition) is 7. The molecule has 4 aromatic rings. The van der Waals surface area contributed by atoms with E-state index in [9.17, 15) is 4.79 Å². The van der Waals surface area contributed by atoms with Crippen molar-refractivity contribution in [2.24, 2.45) is 0 Å². The first-order chi connectivity index (χ1) is 15.9. The molecule has 2 aromatic heterocycles. The maximum atomic E-state index is 12.3. The van der Waals surface area contributed by atoms with Gasteiger partial charge in [-0.15, -0.1) is 0 Å². The number of aryl methyl sites for hydroxylation is 2. The van der Waals surface area contributed by atoms with E-state index in [4.69, 9.17) is 25.6 Å². The molecule has 0 saturated heterocycles. The lowest BCUT2D eigenvalue weighted by molar-refractivity contribution is 0.230. The minimum absolute atomic E-state index is 0.0248. The van der Waals surface area contributed by atoms with E-state index in [0.717, 1.165) is 11.1 Å². The highest BCUT2D eigenvalue weighted by Gasteiger charge is 2.14.